The van der Waals surface area contributed by atoms with E-state index >= 15 is 0 Å². The molecule has 2 heterocycles. The molecule has 22 heavy (non-hydrogen) atoms. The molecule has 5 nitrogen and oxygen atoms in total. The molecule has 6 heteroatoms. The summed E-state index contributed by atoms with van der Waals surface area (Å²) >= 11 is 0. The van der Waals surface area contributed by atoms with Crippen molar-refractivity contribution in [2.45, 2.75) is 31.6 Å². The molecular weight excluding hydrogens is 289 g/mol. The van der Waals surface area contributed by atoms with Crippen LogP contribution in [0.5, 0.6) is 5.75 Å². The van der Waals surface area contributed by atoms with Gasteiger partial charge in [-0.2, -0.15) is 0 Å². The van der Waals surface area contributed by atoms with E-state index < -0.39 is 0 Å². The maximum atomic E-state index is 12.8. The second-order valence-electron chi connectivity index (χ2n) is 5.50. The third kappa shape index (κ3) is 3.56. The van der Waals surface area contributed by atoms with Crippen LogP contribution in [0.4, 0.5) is 4.39 Å². The summed E-state index contributed by atoms with van der Waals surface area (Å²) < 4.78 is 29.4. The molecule has 1 aromatic carbocycles. The van der Waals surface area contributed by atoms with Crippen molar-refractivity contribution < 1.29 is 23.4 Å². The highest BCUT2D eigenvalue weighted by atomic mass is 19.1. The number of hydrogen-bond acceptors (Lipinski definition) is 4. The predicted octanol–water partition coefficient (Wildman–Crippen LogP) is 1.96. The SMILES string of the molecule is O=C(COc1ccc(F)cc1)N1CCCCC1C1OCCO1. The summed E-state index contributed by atoms with van der Waals surface area (Å²) in [6, 6.07) is 5.60. The fraction of sp³-hybridized carbons (Fsp3) is 0.562. The number of likely N-dealkylation sites (tertiary alicyclic amines) is 1. The van der Waals surface area contributed by atoms with E-state index in [0.717, 1.165) is 19.3 Å². The zero-order valence-electron chi connectivity index (χ0n) is 12.4. The minimum absolute atomic E-state index is 0.0411. The van der Waals surface area contributed by atoms with E-state index in [2.05, 4.69) is 0 Å². The molecule has 0 bridgehead atoms. The van der Waals surface area contributed by atoms with Crippen molar-refractivity contribution in [3.05, 3.63) is 30.1 Å². The van der Waals surface area contributed by atoms with Crippen molar-refractivity contribution in [1.82, 2.24) is 4.90 Å². The van der Waals surface area contributed by atoms with E-state index in [-0.39, 0.29) is 30.7 Å². The molecule has 2 saturated heterocycles. The van der Waals surface area contributed by atoms with Crippen molar-refractivity contribution in [1.29, 1.82) is 0 Å². The van der Waals surface area contributed by atoms with Crippen molar-refractivity contribution in [2.75, 3.05) is 26.4 Å². The standard InChI is InChI=1S/C16H20FNO4/c17-12-4-6-13(7-5-12)22-11-15(19)18-8-2-1-3-14(18)16-20-9-10-21-16/h4-7,14,16H,1-3,8-11H2. The lowest BCUT2D eigenvalue weighted by atomic mass is 10.0. The molecule has 2 aliphatic heterocycles. The van der Waals surface area contributed by atoms with Gasteiger partial charge in [0.2, 0.25) is 0 Å². The van der Waals surface area contributed by atoms with Crippen molar-refractivity contribution >= 4 is 5.91 Å². The second-order valence-corrected chi connectivity index (χ2v) is 5.50. The average molecular weight is 309 g/mol. The number of carbonyl (C=O) groups is 1. The summed E-state index contributed by atoms with van der Waals surface area (Å²) in [4.78, 5) is 14.2. The molecule has 0 N–H and O–H groups in total. The van der Waals surface area contributed by atoms with Gasteiger partial charge in [-0.05, 0) is 43.5 Å². The van der Waals surface area contributed by atoms with E-state index in [4.69, 9.17) is 14.2 Å². The highest BCUT2D eigenvalue weighted by molar-refractivity contribution is 5.78. The molecule has 1 aromatic rings. The van der Waals surface area contributed by atoms with Gasteiger partial charge in [0.1, 0.15) is 11.6 Å². The van der Waals surface area contributed by atoms with Crippen LogP contribution < -0.4 is 4.74 Å². The van der Waals surface area contributed by atoms with E-state index in [1.54, 1.807) is 4.90 Å². The highest BCUT2D eigenvalue weighted by Gasteiger charge is 2.36. The summed E-state index contributed by atoms with van der Waals surface area (Å²) in [5.41, 5.74) is 0. The van der Waals surface area contributed by atoms with Crippen LogP contribution in [0, 0.1) is 5.82 Å². The Balaban J connectivity index is 1.58. The third-order valence-electron chi connectivity index (χ3n) is 4.01. The van der Waals surface area contributed by atoms with Crippen molar-refractivity contribution in [3.63, 3.8) is 0 Å². The molecule has 2 aliphatic rings. The van der Waals surface area contributed by atoms with Crippen molar-refractivity contribution in [3.8, 4) is 5.75 Å². The lowest BCUT2D eigenvalue weighted by Gasteiger charge is -2.37. The number of amides is 1. The topological polar surface area (TPSA) is 48.0 Å². The van der Waals surface area contributed by atoms with Crippen LogP contribution in [-0.2, 0) is 14.3 Å². The Hall–Kier alpha value is -1.66. The number of ether oxygens (including phenoxy) is 3. The molecule has 2 fully saturated rings. The van der Waals surface area contributed by atoms with Crippen LogP contribution in [0.25, 0.3) is 0 Å². The van der Waals surface area contributed by atoms with Gasteiger partial charge in [-0.3, -0.25) is 4.79 Å². The summed E-state index contributed by atoms with van der Waals surface area (Å²) in [5, 5.41) is 0. The fourth-order valence-corrected chi connectivity index (χ4v) is 2.91. The average Bonchev–Trinajstić information content (AvgIpc) is 3.08. The maximum absolute atomic E-state index is 12.8. The molecule has 1 amide bonds. The predicted molar refractivity (Wildman–Crippen MR) is 76.9 cm³/mol. The van der Waals surface area contributed by atoms with Crippen LogP contribution in [0.2, 0.25) is 0 Å². The molecular formula is C16H20FNO4. The summed E-state index contributed by atoms with van der Waals surface area (Å²) in [6.45, 7) is 1.79. The Morgan fingerprint density at radius 1 is 1.23 bits per heavy atom. The van der Waals surface area contributed by atoms with Gasteiger partial charge in [-0.25, -0.2) is 4.39 Å². The van der Waals surface area contributed by atoms with Crippen LogP contribution in [0.3, 0.4) is 0 Å². The second kappa shape index (κ2) is 7.07. The number of carbonyl (C=O) groups excluding carboxylic acids is 1. The van der Waals surface area contributed by atoms with Crippen LogP contribution in [0.1, 0.15) is 19.3 Å². The van der Waals surface area contributed by atoms with E-state index in [1.807, 2.05) is 0 Å². The molecule has 0 spiro atoms. The lowest BCUT2D eigenvalue weighted by molar-refractivity contribution is -0.152. The first kappa shape index (κ1) is 15.2. The summed E-state index contributed by atoms with van der Waals surface area (Å²) in [5.74, 6) is 0.0649. The number of rotatable bonds is 4. The summed E-state index contributed by atoms with van der Waals surface area (Å²) in [6.07, 6.45) is 2.60. The molecule has 120 valence electrons. The first-order valence-corrected chi connectivity index (χ1v) is 7.65. The lowest BCUT2D eigenvalue weighted by Crippen LogP contribution is -2.51. The number of hydrogen-bond donors (Lipinski definition) is 0. The van der Waals surface area contributed by atoms with Crippen LogP contribution in [-0.4, -0.2) is 49.5 Å². The van der Waals surface area contributed by atoms with Crippen LogP contribution in [0.15, 0.2) is 24.3 Å². The first-order valence-electron chi connectivity index (χ1n) is 7.65. The Bertz CT molecular complexity index is 501. The number of piperidine rings is 1. The fourth-order valence-electron chi connectivity index (χ4n) is 2.91. The van der Waals surface area contributed by atoms with Gasteiger partial charge in [0, 0.05) is 6.54 Å². The monoisotopic (exact) mass is 309 g/mol. The quantitative estimate of drug-likeness (QED) is 0.853. The number of halogens is 1. The molecule has 0 aliphatic carbocycles. The number of benzene rings is 1. The molecule has 3 rings (SSSR count). The minimum atomic E-state index is -0.328. The van der Waals surface area contributed by atoms with E-state index in [9.17, 15) is 9.18 Å². The highest BCUT2D eigenvalue weighted by Crippen LogP contribution is 2.24. The minimum Gasteiger partial charge on any atom is -0.484 e. The molecule has 1 unspecified atom stereocenters. The van der Waals surface area contributed by atoms with Gasteiger partial charge < -0.3 is 19.1 Å². The molecule has 0 saturated carbocycles. The first-order chi connectivity index (χ1) is 10.7. The zero-order chi connectivity index (χ0) is 15.4. The van der Waals surface area contributed by atoms with Crippen molar-refractivity contribution in [2.24, 2.45) is 0 Å². The maximum Gasteiger partial charge on any atom is 0.260 e. The Kier molecular flexibility index (Phi) is 4.90. The van der Waals surface area contributed by atoms with Gasteiger partial charge in [0.15, 0.2) is 12.9 Å². The summed E-state index contributed by atoms with van der Waals surface area (Å²) in [7, 11) is 0. The smallest absolute Gasteiger partial charge is 0.260 e. The number of nitrogens with zero attached hydrogens (tertiary/aromatic N) is 1. The Morgan fingerprint density at radius 3 is 2.68 bits per heavy atom. The van der Waals surface area contributed by atoms with E-state index in [1.165, 1.54) is 24.3 Å². The van der Waals surface area contributed by atoms with Crippen LogP contribution >= 0.6 is 0 Å². The largest absolute Gasteiger partial charge is 0.484 e. The normalized spacial score (nSPS) is 22.8. The molecule has 0 aromatic heterocycles. The van der Waals surface area contributed by atoms with Gasteiger partial charge >= 0.3 is 0 Å². The van der Waals surface area contributed by atoms with Gasteiger partial charge in [0.05, 0.1) is 19.3 Å². The zero-order valence-corrected chi connectivity index (χ0v) is 12.4. The molecule has 0 radical (unpaired) electrons. The van der Waals surface area contributed by atoms with E-state index in [0.29, 0.717) is 25.5 Å². The van der Waals surface area contributed by atoms with Gasteiger partial charge in [-0.15, -0.1) is 0 Å². The van der Waals surface area contributed by atoms with Gasteiger partial charge in [-0.1, -0.05) is 0 Å². The Labute approximate surface area is 128 Å². The van der Waals surface area contributed by atoms with Gasteiger partial charge in [0.25, 0.3) is 5.91 Å². The Morgan fingerprint density at radius 2 is 1.95 bits per heavy atom. The molecule has 1 atom stereocenters. The third-order valence-corrected chi connectivity index (χ3v) is 4.01.